The lowest BCUT2D eigenvalue weighted by Crippen LogP contribution is -2.43. The first kappa shape index (κ1) is 9.31. The number of carbonyl (C=O) groups excluding carboxylic acids is 1. The van der Waals surface area contributed by atoms with E-state index in [0.717, 1.165) is 24.8 Å². The van der Waals surface area contributed by atoms with Crippen molar-refractivity contribution in [3.63, 3.8) is 0 Å². The molecule has 0 radical (unpaired) electrons. The van der Waals surface area contributed by atoms with Gasteiger partial charge in [-0.2, -0.15) is 0 Å². The molecule has 0 saturated heterocycles. The van der Waals surface area contributed by atoms with Crippen LogP contribution in [0, 0.1) is 0 Å². The van der Waals surface area contributed by atoms with E-state index in [1.165, 1.54) is 0 Å². The fourth-order valence-corrected chi connectivity index (χ4v) is 2.46. The molecule has 0 bridgehead atoms. The number of rotatable bonds is 0. The van der Waals surface area contributed by atoms with Crippen molar-refractivity contribution in [2.75, 3.05) is 6.61 Å². The minimum Gasteiger partial charge on any atom is -0.362 e. The van der Waals surface area contributed by atoms with Gasteiger partial charge in [-0.15, -0.1) is 0 Å². The summed E-state index contributed by atoms with van der Waals surface area (Å²) >= 11 is 5.85. The monoisotopic (exact) mass is 223 g/mol. The van der Waals surface area contributed by atoms with Crippen molar-refractivity contribution in [1.82, 2.24) is 4.98 Å². The third kappa shape index (κ3) is 1.23. The Labute approximate surface area is 92.4 Å². The molecule has 2 heterocycles. The first-order valence-corrected chi connectivity index (χ1v) is 5.42. The normalized spacial score (nSPS) is 22.3. The van der Waals surface area contributed by atoms with Gasteiger partial charge in [0.2, 0.25) is 0 Å². The second-order valence-electron chi connectivity index (χ2n) is 4.11. The zero-order valence-corrected chi connectivity index (χ0v) is 8.88. The van der Waals surface area contributed by atoms with E-state index in [1.54, 1.807) is 12.3 Å². The molecule has 1 aromatic rings. The van der Waals surface area contributed by atoms with Crippen molar-refractivity contribution in [1.29, 1.82) is 0 Å². The van der Waals surface area contributed by atoms with Crippen LogP contribution in [-0.2, 0) is 10.3 Å². The number of hydrogen-bond donors (Lipinski definition) is 0. The molecule has 0 amide bonds. The Balaban J connectivity index is 2.18. The predicted molar refractivity (Wildman–Crippen MR) is 55.1 cm³/mol. The van der Waals surface area contributed by atoms with Crippen LogP contribution in [0.15, 0.2) is 12.3 Å². The number of fused-ring (bicyclic) bond motifs is 2. The Morgan fingerprint density at radius 1 is 1.47 bits per heavy atom. The van der Waals surface area contributed by atoms with Crippen molar-refractivity contribution in [3.05, 3.63) is 28.5 Å². The minimum absolute atomic E-state index is 0.00620. The standard InChI is InChI=1S/C11H10ClNO2/c12-10-4-8-7(5-13-10)9(14)6-15-11(8)2-1-3-11/h4-5H,1-3,6H2. The lowest BCUT2D eigenvalue weighted by atomic mass is 9.72. The first-order valence-electron chi connectivity index (χ1n) is 5.04. The fraction of sp³-hybridized carbons (Fsp3) is 0.455. The smallest absolute Gasteiger partial charge is 0.190 e. The van der Waals surface area contributed by atoms with Gasteiger partial charge in [0.1, 0.15) is 11.8 Å². The number of hydrogen-bond acceptors (Lipinski definition) is 3. The molecular formula is C11H10ClNO2. The van der Waals surface area contributed by atoms with E-state index < -0.39 is 0 Å². The Hall–Kier alpha value is -0.930. The van der Waals surface area contributed by atoms with Gasteiger partial charge in [0.25, 0.3) is 0 Å². The SMILES string of the molecule is O=C1COC2(CCC2)c2cc(Cl)ncc21. The Morgan fingerprint density at radius 3 is 2.93 bits per heavy atom. The van der Waals surface area contributed by atoms with E-state index in [0.29, 0.717) is 10.7 Å². The largest absolute Gasteiger partial charge is 0.362 e. The molecule has 0 aromatic carbocycles. The van der Waals surface area contributed by atoms with Crippen LogP contribution >= 0.6 is 11.6 Å². The molecule has 1 aliphatic carbocycles. The Kier molecular flexibility index (Phi) is 1.88. The first-order chi connectivity index (χ1) is 7.21. The van der Waals surface area contributed by atoms with Crippen LogP contribution in [0.2, 0.25) is 5.15 Å². The number of pyridine rings is 1. The van der Waals surface area contributed by atoms with Crippen LogP contribution in [0.3, 0.4) is 0 Å². The van der Waals surface area contributed by atoms with Gasteiger partial charge in [0.05, 0.1) is 5.60 Å². The summed E-state index contributed by atoms with van der Waals surface area (Å²) in [6.45, 7) is 0.177. The van der Waals surface area contributed by atoms with Crippen LogP contribution in [0.25, 0.3) is 0 Å². The predicted octanol–water partition coefficient (Wildman–Crippen LogP) is 2.33. The third-order valence-corrected chi connectivity index (χ3v) is 3.51. The average molecular weight is 224 g/mol. The summed E-state index contributed by atoms with van der Waals surface area (Å²) in [5.74, 6) is 0.00620. The molecule has 4 heteroatoms. The zero-order chi connectivity index (χ0) is 10.5. The highest BCUT2D eigenvalue weighted by atomic mass is 35.5. The highest BCUT2D eigenvalue weighted by molar-refractivity contribution is 6.29. The quantitative estimate of drug-likeness (QED) is 0.634. The third-order valence-electron chi connectivity index (χ3n) is 3.30. The zero-order valence-electron chi connectivity index (χ0n) is 8.12. The molecule has 0 unspecified atom stereocenters. The van der Waals surface area contributed by atoms with Crippen LogP contribution in [0.5, 0.6) is 0 Å². The maximum atomic E-state index is 11.6. The Bertz CT molecular complexity index is 440. The van der Waals surface area contributed by atoms with E-state index in [-0.39, 0.29) is 18.0 Å². The molecule has 1 saturated carbocycles. The molecule has 3 nitrogen and oxygen atoms in total. The van der Waals surface area contributed by atoms with Gasteiger partial charge in [0.15, 0.2) is 5.78 Å². The van der Waals surface area contributed by atoms with Gasteiger partial charge < -0.3 is 4.74 Å². The fourth-order valence-electron chi connectivity index (χ4n) is 2.30. The number of halogens is 1. The molecule has 15 heavy (non-hydrogen) atoms. The van der Waals surface area contributed by atoms with E-state index in [4.69, 9.17) is 16.3 Å². The van der Waals surface area contributed by atoms with Gasteiger partial charge in [-0.1, -0.05) is 11.6 Å². The van der Waals surface area contributed by atoms with Crippen LogP contribution in [0.1, 0.15) is 35.2 Å². The number of carbonyl (C=O) groups is 1. The molecule has 0 atom stereocenters. The lowest BCUT2D eigenvalue weighted by Gasteiger charge is -2.45. The molecule has 1 aliphatic heterocycles. The van der Waals surface area contributed by atoms with Crippen molar-refractivity contribution in [2.45, 2.75) is 24.9 Å². The van der Waals surface area contributed by atoms with Gasteiger partial charge in [-0.05, 0) is 30.9 Å². The summed E-state index contributed by atoms with van der Waals surface area (Å²) in [6.07, 6.45) is 4.68. The molecule has 1 fully saturated rings. The second kappa shape index (κ2) is 3.03. The molecule has 0 N–H and O–H groups in total. The maximum absolute atomic E-state index is 11.6. The van der Waals surface area contributed by atoms with Gasteiger partial charge in [-0.3, -0.25) is 4.79 Å². The summed E-state index contributed by atoms with van der Waals surface area (Å²) in [4.78, 5) is 15.6. The Morgan fingerprint density at radius 2 is 2.27 bits per heavy atom. The molecule has 2 aliphatic rings. The van der Waals surface area contributed by atoms with Gasteiger partial charge in [-0.25, -0.2) is 4.98 Å². The number of ketones is 1. The molecular weight excluding hydrogens is 214 g/mol. The summed E-state index contributed by atoms with van der Waals surface area (Å²) in [5, 5.41) is 0.429. The highest BCUT2D eigenvalue weighted by Gasteiger charge is 2.45. The van der Waals surface area contributed by atoms with Crippen molar-refractivity contribution in [2.24, 2.45) is 0 Å². The topological polar surface area (TPSA) is 39.2 Å². The molecule has 78 valence electrons. The van der Waals surface area contributed by atoms with E-state index in [2.05, 4.69) is 4.98 Å². The second-order valence-corrected chi connectivity index (χ2v) is 4.50. The van der Waals surface area contributed by atoms with E-state index >= 15 is 0 Å². The summed E-state index contributed by atoms with van der Waals surface area (Å²) < 4.78 is 5.66. The number of ether oxygens (including phenoxy) is 1. The number of nitrogens with zero attached hydrogens (tertiary/aromatic N) is 1. The summed E-state index contributed by atoms with van der Waals surface area (Å²) in [7, 11) is 0. The molecule has 1 spiro atoms. The van der Waals surface area contributed by atoms with Crippen molar-refractivity contribution < 1.29 is 9.53 Å². The number of aromatic nitrogens is 1. The van der Waals surface area contributed by atoms with Crippen LogP contribution < -0.4 is 0 Å². The minimum atomic E-state index is -0.240. The lowest BCUT2D eigenvalue weighted by molar-refractivity contribution is -0.102. The van der Waals surface area contributed by atoms with E-state index in [1.807, 2.05) is 0 Å². The molecule has 3 rings (SSSR count). The van der Waals surface area contributed by atoms with Crippen molar-refractivity contribution in [3.8, 4) is 0 Å². The highest BCUT2D eigenvalue weighted by Crippen LogP contribution is 2.48. The van der Waals surface area contributed by atoms with E-state index in [9.17, 15) is 4.79 Å². The summed E-state index contributed by atoms with van der Waals surface area (Å²) in [5.41, 5.74) is 1.38. The van der Waals surface area contributed by atoms with Crippen LogP contribution in [0.4, 0.5) is 0 Å². The van der Waals surface area contributed by atoms with Crippen LogP contribution in [-0.4, -0.2) is 17.4 Å². The maximum Gasteiger partial charge on any atom is 0.190 e. The summed E-state index contributed by atoms with van der Waals surface area (Å²) in [6, 6.07) is 1.77. The average Bonchev–Trinajstić information content (AvgIpc) is 2.15. The molecule has 1 aromatic heterocycles. The van der Waals surface area contributed by atoms with Gasteiger partial charge >= 0.3 is 0 Å². The van der Waals surface area contributed by atoms with Crippen molar-refractivity contribution >= 4 is 17.4 Å². The van der Waals surface area contributed by atoms with Gasteiger partial charge in [0, 0.05) is 11.8 Å². The number of Topliss-reactive ketones (excluding diaryl/α,β-unsaturated/α-hetero) is 1.